The predicted molar refractivity (Wildman–Crippen MR) is 103 cm³/mol. The summed E-state index contributed by atoms with van der Waals surface area (Å²) in [6.45, 7) is 2.51. The number of hydrogen-bond acceptors (Lipinski definition) is 3. The lowest BCUT2D eigenvalue weighted by Gasteiger charge is -2.34. The molecular weight excluding hydrogens is 342 g/mol. The molecule has 1 aliphatic carbocycles. The molecule has 6 heteroatoms. The van der Waals surface area contributed by atoms with Crippen molar-refractivity contribution in [1.29, 1.82) is 0 Å². The number of H-pyrrole nitrogens is 1. The minimum atomic E-state index is -0.00875. The van der Waals surface area contributed by atoms with Gasteiger partial charge in [-0.3, -0.25) is 9.59 Å². The van der Waals surface area contributed by atoms with Gasteiger partial charge >= 0.3 is 0 Å². The smallest absolute Gasteiger partial charge is 0.225 e. The standard InChI is InChI=1S/C21H27N3O3/c25-20(13-16-14-23-19-4-2-1-3-18(16)19)22-9-10-24(21(26)15-5-6-15)17-7-11-27-12-8-17/h1-4,14-15,17,23H,5-13H2,(H,22,25). The van der Waals surface area contributed by atoms with E-state index in [-0.39, 0.29) is 23.8 Å². The molecule has 2 amide bonds. The van der Waals surface area contributed by atoms with Crippen LogP contribution in [0.1, 0.15) is 31.2 Å². The zero-order valence-electron chi connectivity index (χ0n) is 15.6. The molecule has 2 aliphatic rings. The molecule has 0 spiro atoms. The van der Waals surface area contributed by atoms with Crippen molar-refractivity contribution in [1.82, 2.24) is 15.2 Å². The first-order valence-electron chi connectivity index (χ1n) is 9.92. The lowest BCUT2D eigenvalue weighted by molar-refractivity contribution is -0.137. The molecule has 144 valence electrons. The van der Waals surface area contributed by atoms with Crippen molar-refractivity contribution < 1.29 is 14.3 Å². The number of carbonyl (C=O) groups is 2. The molecule has 1 saturated heterocycles. The summed E-state index contributed by atoms with van der Waals surface area (Å²) in [6, 6.07) is 8.23. The van der Waals surface area contributed by atoms with Gasteiger partial charge in [-0.2, -0.15) is 0 Å². The van der Waals surface area contributed by atoms with E-state index < -0.39 is 0 Å². The second kappa shape index (κ2) is 8.13. The summed E-state index contributed by atoms with van der Waals surface area (Å²) < 4.78 is 5.43. The molecular formula is C21H27N3O3. The first-order chi connectivity index (χ1) is 13.2. The third kappa shape index (κ3) is 4.33. The highest BCUT2D eigenvalue weighted by molar-refractivity contribution is 5.88. The Labute approximate surface area is 159 Å². The van der Waals surface area contributed by atoms with Crippen LogP contribution in [0.3, 0.4) is 0 Å². The molecule has 0 unspecified atom stereocenters. The second-order valence-corrected chi connectivity index (χ2v) is 7.54. The highest BCUT2D eigenvalue weighted by Gasteiger charge is 2.36. The number of aromatic nitrogens is 1. The molecule has 0 bridgehead atoms. The highest BCUT2D eigenvalue weighted by atomic mass is 16.5. The van der Waals surface area contributed by atoms with E-state index in [1.807, 2.05) is 35.4 Å². The van der Waals surface area contributed by atoms with Crippen molar-refractivity contribution in [3.63, 3.8) is 0 Å². The van der Waals surface area contributed by atoms with Gasteiger partial charge in [0.05, 0.1) is 6.42 Å². The number of carbonyl (C=O) groups excluding carboxylic acids is 2. The SMILES string of the molecule is O=C(Cc1c[nH]c2ccccc12)NCCN(C(=O)C1CC1)C1CCOCC1. The van der Waals surface area contributed by atoms with E-state index in [9.17, 15) is 9.59 Å². The van der Waals surface area contributed by atoms with Gasteiger partial charge < -0.3 is 19.9 Å². The Bertz CT molecular complexity index is 806. The van der Waals surface area contributed by atoms with Gasteiger partial charge in [-0.25, -0.2) is 0 Å². The van der Waals surface area contributed by atoms with Gasteiger partial charge in [0.2, 0.25) is 11.8 Å². The monoisotopic (exact) mass is 369 g/mol. The zero-order chi connectivity index (χ0) is 18.6. The van der Waals surface area contributed by atoms with Gasteiger partial charge in [0.15, 0.2) is 0 Å². The lowest BCUT2D eigenvalue weighted by Crippen LogP contribution is -2.47. The molecule has 6 nitrogen and oxygen atoms in total. The van der Waals surface area contributed by atoms with E-state index in [2.05, 4.69) is 10.3 Å². The van der Waals surface area contributed by atoms with Crippen molar-refractivity contribution in [3.8, 4) is 0 Å². The summed E-state index contributed by atoms with van der Waals surface area (Å²) in [5.41, 5.74) is 2.04. The Hall–Kier alpha value is -2.34. The number of benzene rings is 1. The number of aromatic amines is 1. The van der Waals surface area contributed by atoms with E-state index in [1.54, 1.807) is 0 Å². The minimum Gasteiger partial charge on any atom is -0.381 e. The van der Waals surface area contributed by atoms with Crippen LogP contribution in [0.15, 0.2) is 30.5 Å². The Kier molecular flexibility index (Phi) is 5.43. The van der Waals surface area contributed by atoms with E-state index in [1.165, 1.54) is 0 Å². The molecule has 0 radical (unpaired) electrons. The molecule has 0 atom stereocenters. The number of hydrogen-bond donors (Lipinski definition) is 2. The Morgan fingerprint density at radius 2 is 1.93 bits per heavy atom. The van der Waals surface area contributed by atoms with Gasteiger partial charge in [0.1, 0.15) is 0 Å². The van der Waals surface area contributed by atoms with Crippen molar-refractivity contribution in [2.45, 2.75) is 38.1 Å². The Morgan fingerprint density at radius 1 is 1.15 bits per heavy atom. The fraction of sp³-hybridized carbons (Fsp3) is 0.524. The first kappa shape index (κ1) is 18.0. The van der Waals surface area contributed by atoms with Crippen LogP contribution in [0.5, 0.6) is 0 Å². The maximum Gasteiger partial charge on any atom is 0.225 e. The number of para-hydroxylation sites is 1. The van der Waals surface area contributed by atoms with Crippen LogP contribution in [-0.4, -0.2) is 54.0 Å². The minimum absolute atomic E-state index is 0.00875. The van der Waals surface area contributed by atoms with Gasteiger partial charge in [-0.05, 0) is 37.3 Å². The summed E-state index contributed by atoms with van der Waals surface area (Å²) in [6.07, 6.45) is 6.04. The summed E-state index contributed by atoms with van der Waals surface area (Å²) in [5, 5.41) is 4.08. The second-order valence-electron chi connectivity index (χ2n) is 7.54. The van der Waals surface area contributed by atoms with Crippen LogP contribution >= 0.6 is 0 Å². The van der Waals surface area contributed by atoms with E-state index in [0.717, 1.165) is 42.1 Å². The molecule has 27 heavy (non-hydrogen) atoms. The largest absolute Gasteiger partial charge is 0.381 e. The van der Waals surface area contributed by atoms with Gasteiger partial charge in [-0.15, -0.1) is 0 Å². The molecule has 4 rings (SSSR count). The molecule has 1 aromatic heterocycles. The van der Waals surface area contributed by atoms with Crippen LogP contribution in [0.25, 0.3) is 10.9 Å². The van der Waals surface area contributed by atoms with Gasteiger partial charge in [0.25, 0.3) is 0 Å². The van der Waals surface area contributed by atoms with Gasteiger partial charge in [0, 0.05) is 55.4 Å². The Morgan fingerprint density at radius 3 is 2.70 bits per heavy atom. The normalized spacial score (nSPS) is 17.8. The average Bonchev–Trinajstić information content (AvgIpc) is 3.48. The summed E-state index contributed by atoms with van der Waals surface area (Å²) in [7, 11) is 0. The number of fused-ring (bicyclic) bond motifs is 1. The topological polar surface area (TPSA) is 74.4 Å². The van der Waals surface area contributed by atoms with Crippen LogP contribution < -0.4 is 5.32 Å². The van der Waals surface area contributed by atoms with Crippen LogP contribution in [0, 0.1) is 5.92 Å². The van der Waals surface area contributed by atoms with E-state index >= 15 is 0 Å². The molecule has 2 fully saturated rings. The summed E-state index contributed by atoms with van der Waals surface area (Å²) >= 11 is 0. The predicted octanol–water partition coefficient (Wildman–Crippen LogP) is 2.24. The molecule has 1 saturated carbocycles. The van der Waals surface area contributed by atoms with Crippen molar-refractivity contribution in [3.05, 3.63) is 36.0 Å². The number of nitrogens with one attached hydrogen (secondary N) is 2. The summed E-state index contributed by atoms with van der Waals surface area (Å²) in [4.78, 5) is 30.2. The lowest BCUT2D eigenvalue weighted by atomic mass is 10.1. The first-order valence-corrected chi connectivity index (χ1v) is 9.92. The van der Waals surface area contributed by atoms with Crippen molar-refractivity contribution >= 4 is 22.7 Å². The summed E-state index contributed by atoms with van der Waals surface area (Å²) in [5.74, 6) is 0.452. The van der Waals surface area contributed by atoms with Crippen molar-refractivity contribution in [2.75, 3.05) is 26.3 Å². The van der Waals surface area contributed by atoms with E-state index in [0.29, 0.717) is 32.7 Å². The quantitative estimate of drug-likeness (QED) is 0.786. The molecule has 2 N–H and O–H groups in total. The molecule has 1 aromatic carbocycles. The maximum atomic E-state index is 12.7. The number of rotatable bonds is 7. The molecule has 2 aromatic rings. The van der Waals surface area contributed by atoms with E-state index in [4.69, 9.17) is 4.74 Å². The van der Waals surface area contributed by atoms with Crippen molar-refractivity contribution in [2.24, 2.45) is 5.92 Å². The number of ether oxygens (including phenoxy) is 1. The molecule has 1 aliphatic heterocycles. The zero-order valence-corrected chi connectivity index (χ0v) is 15.6. The Balaban J connectivity index is 1.31. The average molecular weight is 369 g/mol. The fourth-order valence-electron chi connectivity index (χ4n) is 3.86. The van der Waals surface area contributed by atoms with Crippen LogP contribution in [-0.2, 0) is 20.7 Å². The number of nitrogens with zero attached hydrogens (tertiary/aromatic N) is 1. The van der Waals surface area contributed by atoms with Crippen LogP contribution in [0.2, 0.25) is 0 Å². The molecule has 2 heterocycles. The van der Waals surface area contributed by atoms with Crippen LogP contribution in [0.4, 0.5) is 0 Å². The third-order valence-corrected chi connectivity index (χ3v) is 5.54. The van der Waals surface area contributed by atoms with Gasteiger partial charge in [-0.1, -0.05) is 18.2 Å². The highest BCUT2D eigenvalue weighted by Crippen LogP contribution is 2.32. The third-order valence-electron chi connectivity index (χ3n) is 5.54. The fourth-order valence-corrected chi connectivity index (χ4v) is 3.86. The number of amides is 2. The maximum absolute atomic E-state index is 12.7.